The maximum absolute atomic E-state index is 10.4. The molecule has 0 spiro atoms. The van der Waals surface area contributed by atoms with Gasteiger partial charge in [-0.05, 0) is 81.1 Å². The first kappa shape index (κ1) is 21.3. The third-order valence-electron chi connectivity index (χ3n) is 7.61. The smallest absolute Gasteiger partial charge is 0.164 e. The lowest BCUT2D eigenvalue weighted by atomic mass is 9.94. The molecule has 0 aliphatic heterocycles. The molecule has 158 valence electrons. The molecule has 1 aromatic rings. The maximum atomic E-state index is 10.4. The first-order valence-electron chi connectivity index (χ1n) is 11.6. The van der Waals surface area contributed by atoms with Crippen LogP contribution in [0.15, 0.2) is 6.07 Å². The maximum Gasteiger partial charge on any atom is 0.164 e. The lowest BCUT2D eigenvalue weighted by Gasteiger charge is -2.14. The van der Waals surface area contributed by atoms with Gasteiger partial charge in [0.2, 0.25) is 0 Å². The summed E-state index contributed by atoms with van der Waals surface area (Å²) in [6.07, 6.45) is 17.5. The molecule has 1 aromatic carbocycles. The van der Waals surface area contributed by atoms with E-state index in [9.17, 15) is 15.3 Å². The molecule has 0 amide bonds. The summed E-state index contributed by atoms with van der Waals surface area (Å²) >= 11 is 0. The summed E-state index contributed by atoms with van der Waals surface area (Å²) in [6, 6.07) is 1.67. The fourth-order valence-electron chi connectivity index (χ4n) is 4.62. The zero-order valence-electron chi connectivity index (χ0n) is 18.0. The minimum absolute atomic E-state index is 0.0233. The Hall–Kier alpha value is -1.38. The Labute approximate surface area is 171 Å². The summed E-state index contributed by atoms with van der Waals surface area (Å²) in [5.74, 6) is 0.0117. The molecule has 0 aromatic heterocycles. The number of phenols is 3. The van der Waals surface area contributed by atoms with Crippen molar-refractivity contribution in [1.29, 1.82) is 0 Å². The van der Waals surface area contributed by atoms with Gasteiger partial charge in [-0.2, -0.15) is 0 Å². The van der Waals surface area contributed by atoms with E-state index in [0.29, 0.717) is 34.8 Å². The summed E-state index contributed by atoms with van der Waals surface area (Å²) in [5.41, 5.74) is 2.42. The van der Waals surface area contributed by atoms with Crippen molar-refractivity contribution in [3.8, 4) is 17.2 Å². The van der Waals surface area contributed by atoms with Gasteiger partial charge in [-0.15, -0.1) is 0 Å². The Bertz CT molecular complexity index is 656. The summed E-state index contributed by atoms with van der Waals surface area (Å²) in [4.78, 5) is 0. The first-order valence-corrected chi connectivity index (χ1v) is 11.6. The van der Waals surface area contributed by atoms with E-state index in [-0.39, 0.29) is 17.2 Å². The van der Waals surface area contributed by atoms with Gasteiger partial charge in [-0.25, -0.2) is 0 Å². The van der Waals surface area contributed by atoms with Gasteiger partial charge in [0, 0.05) is 11.1 Å². The summed E-state index contributed by atoms with van der Waals surface area (Å²) < 4.78 is 0. The average Bonchev–Trinajstić information content (AvgIpc) is 3.60. The Kier molecular flexibility index (Phi) is 6.83. The van der Waals surface area contributed by atoms with Gasteiger partial charge < -0.3 is 15.3 Å². The lowest BCUT2D eigenvalue weighted by molar-refractivity contribution is 0.382. The highest BCUT2D eigenvalue weighted by Gasteiger charge is 2.39. The number of aryl methyl sites for hydroxylation is 1. The van der Waals surface area contributed by atoms with Crippen LogP contribution in [0.1, 0.15) is 108 Å². The van der Waals surface area contributed by atoms with Crippen molar-refractivity contribution in [3.05, 3.63) is 17.2 Å². The van der Waals surface area contributed by atoms with E-state index in [1.54, 1.807) is 6.07 Å². The van der Waals surface area contributed by atoms with Crippen molar-refractivity contribution in [3.63, 3.8) is 0 Å². The number of hydrogen-bond acceptors (Lipinski definition) is 3. The summed E-state index contributed by atoms with van der Waals surface area (Å²) in [6.45, 7) is 4.64. The normalized spacial score (nSPS) is 18.9. The van der Waals surface area contributed by atoms with Gasteiger partial charge in [-0.3, -0.25) is 0 Å². The predicted octanol–water partition coefficient (Wildman–Crippen LogP) is 7.00. The van der Waals surface area contributed by atoms with Crippen molar-refractivity contribution < 1.29 is 15.3 Å². The quantitative estimate of drug-likeness (QED) is 0.194. The zero-order chi connectivity index (χ0) is 20.2. The Morgan fingerprint density at radius 3 is 2.07 bits per heavy atom. The molecule has 0 atom stereocenters. The van der Waals surface area contributed by atoms with Gasteiger partial charge >= 0.3 is 0 Å². The van der Waals surface area contributed by atoms with Crippen LogP contribution in [0.25, 0.3) is 0 Å². The van der Waals surface area contributed by atoms with Crippen LogP contribution in [0.3, 0.4) is 0 Å². The minimum Gasteiger partial charge on any atom is -0.508 e. The molecule has 3 nitrogen and oxygen atoms in total. The zero-order valence-corrected chi connectivity index (χ0v) is 18.0. The minimum atomic E-state index is -0.105. The topological polar surface area (TPSA) is 60.7 Å². The fraction of sp³-hybridized carbons (Fsp3) is 0.760. The number of aromatic hydroxyl groups is 3. The predicted molar refractivity (Wildman–Crippen MR) is 115 cm³/mol. The second-order valence-electron chi connectivity index (χ2n) is 10.0. The van der Waals surface area contributed by atoms with Gasteiger partial charge in [0.25, 0.3) is 0 Å². The van der Waals surface area contributed by atoms with E-state index in [2.05, 4.69) is 13.8 Å². The molecular weight excluding hydrogens is 348 g/mol. The van der Waals surface area contributed by atoms with Crippen LogP contribution in [-0.4, -0.2) is 15.3 Å². The van der Waals surface area contributed by atoms with E-state index < -0.39 is 0 Å². The molecule has 28 heavy (non-hydrogen) atoms. The van der Waals surface area contributed by atoms with E-state index in [1.165, 1.54) is 57.8 Å². The second kappa shape index (κ2) is 8.97. The van der Waals surface area contributed by atoms with E-state index >= 15 is 0 Å². The summed E-state index contributed by atoms with van der Waals surface area (Å²) in [7, 11) is 0. The molecule has 0 bridgehead atoms. The van der Waals surface area contributed by atoms with E-state index in [1.807, 2.05) is 0 Å². The second-order valence-corrected chi connectivity index (χ2v) is 10.0. The van der Waals surface area contributed by atoms with Crippen LogP contribution >= 0.6 is 0 Å². The SMILES string of the molecule is CCC1(CCCCCCc2cc(O)c(CCCCC3(C)CC3)c(O)c2O)CC1. The molecule has 2 aliphatic carbocycles. The van der Waals surface area contributed by atoms with E-state index in [4.69, 9.17) is 0 Å². The van der Waals surface area contributed by atoms with Gasteiger partial charge in [0.05, 0.1) is 0 Å². The molecule has 3 rings (SSSR count). The largest absolute Gasteiger partial charge is 0.508 e. The van der Waals surface area contributed by atoms with Crippen LogP contribution in [0.2, 0.25) is 0 Å². The molecule has 2 saturated carbocycles. The average molecular weight is 389 g/mol. The molecule has 3 N–H and O–H groups in total. The third kappa shape index (κ3) is 5.58. The fourth-order valence-corrected chi connectivity index (χ4v) is 4.62. The monoisotopic (exact) mass is 388 g/mol. The van der Waals surface area contributed by atoms with Gasteiger partial charge in [0.15, 0.2) is 11.5 Å². The first-order chi connectivity index (χ1) is 13.4. The van der Waals surface area contributed by atoms with Crippen molar-refractivity contribution in [2.45, 2.75) is 110 Å². The number of unbranched alkanes of at least 4 members (excludes halogenated alkanes) is 4. The highest BCUT2D eigenvalue weighted by atomic mass is 16.3. The number of hydrogen-bond donors (Lipinski definition) is 3. The van der Waals surface area contributed by atoms with Crippen LogP contribution < -0.4 is 0 Å². The molecule has 0 heterocycles. The van der Waals surface area contributed by atoms with Crippen molar-refractivity contribution in [2.24, 2.45) is 10.8 Å². The van der Waals surface area contributed by atoms with Crippen molar-refractivity contribution in [1.82, 2.24) is 0 Å². The number of phenolic OH excluding ortho intramolecular Hbond substituents is 3. The molecule has 0 unspecified atom stereocenters. The van der Waals surface area contributed by atoms with Crippen LogP contribution in [0.4, 0.5) is 0 Å². The number of benzene rings is 1. The molecule has 2 fully saturated rings. The van der Waals surface area contributed by atoms with Gasteiger partial charge in [0.1, 0.15) is 5.75 Å². The van der Waals surface area contributed by atoms with Crippen LogP contribution in [0, 0.1) is 10.8 Å². The molecule has 3 heteroatoms. The highest BCUT2D eigenvalue weighted by Crippen LogP contribution is 2.52. The molecule has 0 saturated heterocycles. The highest BCUT2D eigenvalue weighted by molar-refractivity contribution is 5.56. The Balaban J connectivity index is 1.40. The Morgan fingerprint density at radius 1 is 0.786 bits per heavy atom. The van der Waals surface area contributed by atoms with Gasteiger partial charge in [-0.1, -0.05) is 46.0 Å². The molecule has 0 radical (unpaired) electrons. The lowest BCUT2D eigenvalue weighted by Crippen LogP contribution is -1.98. The standard InChI is InChI=1S/C25H40O3/c1-3-25(16-17-25)13-8-5-4-6-10-19-18-21(26)20(23(28)22(19)27)11-7-9-12-24(2)14-15-24/h18,26-28H,3-17H2,1-2H3. The van der Waals surface area contributed by atoms with Crippen molar-refractivity contribution >= 4 is 0 Å². The molecular formula is C25H40O3. The number of rotatable bonds is 13. The van der Waals surface area contributed by atoms with E-state index in [0.717, 1.165) is 25.7 Å². The third-order valence-corrected chi connectivity index (χ3v) is 7.61. The van der Waals surface area contributed by atoms with Crippen LogP contribution in [-0.2, 0) is 12.8 Å². The van der Waals surface area contributed by atoms with Crippen molar-refractivity contribution in [2.75, 3.05) is 0 Å². The van der Waals surface area contributed by atoms with Crippen LogP contribution in [0.5, 0.6) is 17.2 Å². The Morgan fingerprint density at radius 2 is 1.43 bits per heavy atom. The molecule has 2 aliphatic rings. The summed E-state index contributed by atoms with van der Waals surface area (Å²) in [5, 5.41) is 31.1.